The number of hydrogen-bond donors (Lipinski definition) is 0. The van der Waals surface area contributed by atoms with Gasteiger partial charge in [-0.1, -0.05) is 58.0 Å². The van der Waals surface area contributed by atoms with Crippen LogP contribution in [0.4, 0.5) is 0 Å². The molecule has 0 N–H and O–H groups in total. The van der Waals surface area contributed by atoms with Crippen LogP contribution < -0.4 is 0 Å². The van der Waals surface area contributed by atoms with Crippen molar-refractivity contribution in [1.29, 1.82) is 0 Å². The molecule has 26 heavy (non-hydrogen) atoms. The average molecular weight is 381 g/mol. The van der Waals surface area contributed by atoms with Crippen LogP contribution in [0.2, 0.25) is 0 Å². The molecule has 2 rings (SSSR count). The summed E-state index contributed by atoms with van der Waals surface area (Å²) in [6, 6.07) is 11.3. The largest absolute Gasteiger partial charge is 0.342 e. The lowest BCUT2D eigenvalue weighted by Crippen LogP contribution is -2.43. The molecule has 0 aliphatic carbocycles. The standard InChI is InChI=1S/C18H29N2OP.2C2H6/c1-15(12-16-6-4-3-5-7-16)19(2)13-17-8-10-20(11-9-17)18(21)14-22;2*1-2/h3-7,15,17H,8-14,22H2,1-2H3;2*1-2H3. The summed E-state index contributed by atoms with van der Waals surface area (Å²) in [5.41, 5.74) is 1.41. The van der Waals surface area contributed by atoms with Crippen LogP contribution >= 0.6 is 9.24 Å². The van der Waals surface area contributed by atoms with E-state index in [0.29, 0.717) is 12.2 Å². The number of amides is 1. The van der Waals surface area contributed by atoms with Gasteiger partial charge in [0.25, 0.3) is 0 Å². The predicted octanol–water partition coefficient (Wildman–Crippen LogP) is 4.72. The van der Waals surface area contributed by atoms with Crippen molar-refractivity contribution in [3.05, 3.63) is 35.9 Å². The van der Waals surface area contributed by atoms with Crippen LogP contribution in [0, 0.1) is 5.92 Å². The first-order valence-electron chi connectivity index (χ1n) is 10.3. The van der Waals surface area contributed by atoms with E-state index in [9.17, 15) is 4.79 Å². The minimum Gasteiger partial charge on any atom is -0.342 e. The van der Waals surface area contributed by atoms with Crippen molar-refractivity contribution in [3.63, 3.8) is 0 Å². The maximum atomic E-state index is 11.7. The number of hydrogen-bond acceptors (Lipinski definition) is 2. The van der Waals surface area contributed by atoms with Gasteiger partial charge in [0.2, 0.25) is 5.91 Å². The van der Waals surface area contributed by atoms with Gasteiger partial charge in [-0.15, -0.1) is 9.24 Å². The molecule has 1 aliphatic rings. The molecule has 1 heterocycles. The number of carbonyl (C=O) groups excluding carboxylic acids is 1. The molecule has 1 aromatic carbocycles. The van der Waals surface area contributed by atoms with Crippen LogP contribution in [0.5, 0.6) is 0 Å². The zero-order valence-corrected chi connectivity index (χ0v) is 19.0. The number of likely N-dealkylation sites (N-methyl/N-ethyl adjacent to an activating group) is 1. The first kappa shape index (κ1) is 25.1. The molecule has 1 amide bonds. The van der Waals surface area contributed by atoms with Crippen LogP contribution in [0.3, 0.4) is 0 Å². The van der Waals surface area contributed by atoms with Crippen molar-refractivity contribution in [3.8, 4) is 0 Å². The van der Waals surface area contributed by atoms with Crippen molar-refractivity contribution >= 4 is 15.1 Å². The van der Waals surface area contributed by atoms with E-state index in [1.807, 2.05) is 32.6 Å². The molecule has 150 valence electrons. The molecule has 2 atom stereocenters. The lowest BCUT2D eigenvalue weighted by molar-refractivity contribution is -0.129. The van der Waals surface area contributed by atoms with Gasteiger partial charge in [0.1, 0.15) is 0 Å². The molecule has 1 fully saturated rings. The molecule has 0 aromatic heterocycles. The van der Waals surface area contributed by atoms with Gasteiger partial charge in [0.15, 0.2) is 0 Å². The highest BCUT2D eigenvalue weighted by Crippen LogP contribution is 2.20. The zero-order chi connectivity index (χ0) is 19.9. The SMILES string of the molecule is CC.CC.CC(Cc1ccccc1)N(C)CC1CCN(C(=O)CP)CC1. The Labute approximate surface area is 164 Å². The highest BCUT2D eigenvalue weighted by molar-refractivity contribution is 7.18. The molecular formula is C22H41N2OP. The van der Waals surface area contributed by atoms with E-state index >= 15 is 0 Å². The zero-order valence-electron chi connectivity index (χ0n) is 17.9. The molecule has 1 aliphatic heterocycles. The molecule has 0 saturated carbocycles. The molecule has 0 spiro atoms. The lowest BCUT2D eigenvalue weighted by atomic mass is 9.95. The molecule has 2 unspecified atom stereocenters. The molecule has 3 nitrogen and oxygen atoms in total. The van der Waals surface area contributed by atoms with Crippen molar-refractivity contribution in [2.24, 2.45) is 5.92 Å². The number of rotatable bonds is 6. The minimum atomic E-state index is 0.272. The quantitative estimate of drug-likeness (QED) is 0.667. The Morgan fingerprint density at radius 2 is 1.69 bits per heavy atom. The second kappa shape index (κ2) is 15.2. The summed E-state index contributed by atoms with van der Waals surface area (Å²) >= 11 is 0. The number of nitrogens with zero attached hydrogens (tertiary/aromatic N) is 2. The number of benzene rings is 1. The summed E-state index contributed by atoms with van der Waals surface area (Å²) in [6.07, 6.45) is 3.93. The lowest BCUT2D eigenvalue weighted by Gasteiger charge is -2.35. The van der Waals surface area contributed by atoms with E-state index < -0.39 is 0 Å². The van der Waals surface area contributed by atoms with Gasteiger partial charge >= 0.3 is 0 Å². The Hall–Kier alpha value is -0.920. The third kappa shape index (κ3) is 9.14. The van der Waals surface area contributed by atoms with E-state index in [4.69, 9.17) is 0 Å². The first-order valence-corrected chi connectivity index (χ1v) is 11.1. The summed E-state index contributed by atoms with van der Waals surface area (Å²) < 4.78 is 0. The highest BCUT2D eigenvalue weighted by atomic mass is 31.0. The van der Waals surface area contributed by atoms with Crippen LogP contribution in [-0.4, -0.2) is 54.6 Å². The number of likely N-dealkylation sites (tertiary alicyclic amines) is 1. The number of carbonyl (C=O) groups is 1. The Morgan fingerprint density at radius 3 is 2.19 bits per heavy atom. The molecule has 4 heteroatoms. The molecule has 1 aromatic rings. The minimum absolute atomic E-state index is 0.272. The van der Waals surface area contributed by atoms with E-state index in [-0.39, 0.29) is 5.91 Å². The van der Waals surface area contributed by atoms with Gasteiger partial charge < -0.3 is 9.80 Å². The third-order valence-corrected chi connectivity index (χ3v) is 5.16. The van der Waals surface area contributed by atoms with Gasteiger partial charge in [-0.3, -0.25) is 4.79 Å². The number of piperidine rings is 1. The normalized spacial score (nSPS) is 15.5. The first-order chi connectivity index (χ1) is 12.6. The fourth-order valence-corrected chi connectivity index (χ4v) is 3.45. The van der Waals surface area contributed by atoms with Gasteiger partial charge in [0.05, 0.1) is 0 Å². The second-order valence-electron chi connectivity index (χ2n) is 6.51. The molecule has 0 radical (unpaired) electrons. The van der Waals surface area contributed by atoms with Gasteiger partial charge in [-0.2, -0.15) is 0 Å². The summed E-state index contributed by atoms with van der Waals surface area (Å²) in [6.45, 7) is 13.3. The monoisotopic (exact) mass is 380 g/mol. The molecule has 1 saturated heterocycles. The van der Waals surface area contributed by atoms with Crippen molar-refractivity contribution in [2.45, 2.75) is 59.9 Å². The van der Waals surface area contributed by atoms with E-state index in [2.05, 4.69) is 58.4 Å². The van der Waals surface area contributed by atoms with E-state index in [1.165, 1.54) is 5.56 Å². The van der Waals surface area contributed by atoms with Gasteiger partial charge in [-0.25, -0.2) is 0 Å². The Morgan fingerprint density at radius 1 is 1.15 bits per heavy atom. The smallest absolute Gasteiger partial charge is 0.226 e. The summed E-state index contributed by atoms with van der Waals surface area (Å²) in [4.78, 5) is 16.2. The maximum Gasteiger partial charge on any atom is 0.226 e. The maximum absolute atomic E-state index is 11.7. The fraction of sp³-hybridized carbons (Fsp3) is 0.682. The molecular weight excluding hydrogens is 339 g/mol. The third-order valence-electron chi connectivity index (χ3n) is 4.81. The summed E-state index contributed by atoms with van der Waals surface area (Å²) in [5, 5.41) is 0. The van der Waals surface area contributed by atoms with E-state index in [0.717, 1.165) is 44.8 Å². The Kier molecular flexibility index (Phi) is 14.6. The van der Waals surface area contributed by atoms with Crippen molar-refractivity contribution < 1.29 is 4.79 Å². The van der Waals surface area contributed by atoms with Crippen LogP contribution in [0.1, 0.15) is 53.0 Å². The van der Waals surface area contributed by atoms with Crippen molar-refractivity contribution in [2.75, 3.05) is 32.8 Å². The predicted molar refractivity (Wildman–Crippen MR) is 119 cm³/mol. The Balaban J connectivity index is 0.00000146. The average Bonchev–Trinajstić information content (AvgIpc) is 2.71. The summed E-state index contributed by atoms with van der Waals surface area (Å²) in [7, 11) is 4.76. The highest BCUT2D eigenvalue weighted by Gasteiger charge is 2.23. The van der Waals surface area contributed by atoms with Crippen LogP contribution in [-0.2, 0) is 11.2 Å². The van der Waals surface area contributed by atoms with E-state index in [1.54, 1.807) is 0 Å². The Bertz CT molecular complexity index is 458. The van der Waals surface area contributed by atoms with Crippen LogP contribution in [0.25, 0.3) is 0 Å². The topological polar surface area (TPSA) is 23.6 Å². The van der Waals surface area contributed by atoms with Crippen LogP contribution in [0.15, 0.2) is 30.3 Å². The fourth-order valence-electron chi connectivity index (χ4n) is 3.19. The van der Waals surface area contributed by atoms with Gasteiger partial charge in [-0.05, 0) is 44.7 Å². The van der Waals surface area contributed by atoms with Crippen molar-refractivity contribution in [1.82, 2.24) is 9.80 Å². The second-order valence-corrected chi connectivity index (χ2v) is 6.91. The van der Waals surface area contributed by atoms with Gasteiger partial charge in [0, 0.05) is 31.8 Å². The molecule has 0 bridgehead atoms. The summed E-state index contributed by atoms with van der Waals surface area (Å²) in [5.74, 6) is 0.992.